The SMILES string of the molecule is CCCN1C(=O)[NH+](CCC)C(C)=CC1C.O=S(=O)([O-])O. The summed E-state index contributed by atoms with van der Waals surface area (Å²) in [5.41, 5.74) is 1.18. The molecule has 0 bridgehead atoms. The summed E-state index contributed by atoms with van der Waals surface area (Å²) >= 11 is 0. The summed E-state index contributed by atoms with van der Waals surface area (Å²) in [6.07, 6.45) is 4.28. The topological polar surface area (TPSA) is 102 Å². The first-order valence-corrected chi connectivity index (χ1v) is 8.02. The van der Waals surface area contributed by atoms with E-state index < -0.39 is 10.4 Å². The van der Waals surface area contributed by atoms with E-state index in [2.05, 4.69) is 33.8 Å². The van der Waals surface area contributed by atoms with Crippen LogP contribution in [-0.4, -0.2) is 47.6 Å². The zero-order valence-electron chi connectivity index (χ0n) is 12.4. The van der Waals surface area contributed by atoms with Crippen molar-refractivity contribution in [3.63, 3.8) is 0 Å². The van der Waals surface area contributed by atoms with Gasteiger partial charge in [0, 0.05) is 13.5 Å². The summed E-state index contributed by atoms with van der Waals surface area (Å²) in [7, 11) is -4.92. The van der Waals surface area contributed by atoms with Gasteiger partial charge >= 0.3 is 6.03 Å². The van der Waals surface area contributed by atoms with Crippen molar-refractivity contribution in [2.75, 3.05) is 13.1 Å². The number of hydrogen-bond acceptors (Lipinski definition) is 4. The maximum Gasteiger partial charge on any atom is 0.422 e. The molecule has 0 radical (unpaired) electrons. The Balaban J connectivity index is 0.000000621. The highest BCUT2D eigenvalue weighted by Crippen LogP contribution is 2.07. The number of hydrogen-bond donors (Lipinski definition) is 2. The lowest BCUT2D eigenvalue weighted by atomic mass is 10.1. The molecule has 0 spiro atoms. The predicted molar refractivity (Wildman–Crippen MR) is 74.1 cm³/mol. The van der Waals surface area contributed by atoms with Gasteiger partial charge in [-0.15, -0.1) is 0 Å². The number of rotatable bonds is 4. The number of carbonyl (C=O) groups excluding carboxylic acids is 1. The van der Waals surface area contributed by atoms with Gasteiger partial charge in [-0.3, -0.25) is 9.45 Å². The van der Waals surface area contributed by atoms with Crippen LogP contribution in [0.5, 0.6) is 0 Å². The summed E-state index contributed by atoms with van der Waals surface area (Å²) in [6, 6.07) is 0.518. The molecule has 0 saturated carbocycles. The fraction of sp³-hybridized carbons (Fsp3) is 0.750. The minimum Gasteiger partial charge on any atom is -0.726 e. The number of urea groups is 1. The van der Waals surface area contributed by atoms with Gasteiger partial charge in [-0.2, -0.15) is 0 Å². The van der Waals surface area contributed by atoms with Crippen LogP contribution in [0.15, 0.2) is 11.8 Å². The van der Waals surface area contributed by atoms with E-state index in [1.54, 1.807) is 0 Å². The van der Waals surface area contributed by atoms with E-state index in [1.807, 2.05) is 4.90 Å². The molecule has 1 rings (SSSR count). The van der Waals surface area contributed by atoms with Crippen LogP contribution < -0.4 is 4.90 Å². The largest absolute Gasteiger partial charge is 0.726 e. The van der Waals surface area contributed by atoms with Gasteiger partial charge < -0.3 is 4.55 Å². The Hall–Kier alpha value is -0.960. The van der Waals surface area contributed by atoms with Crippen LogP contribution in [0.3, 0.4) is 0 Å². The molecule has 1 heterocycles. The monoisotopic (exact) mass is 308 g/mol. The summed E-state index contributed by atoms with van der Waals surface area (Å²) in [6.45, 7) is 10.2. The van der Waals surface area contributed by atoms with Crippen molar-refractivity contribution in [1.29, 1.82) is 0 Å². The second-order valence-electron chi connectivity index (χ2n) is 4.75. The van der Waals surface area contributed by atoms with E-state index in [0.29, 0.717) is 0 Å². The van der Waals surface area contributed by atoms with E-state index in [4.69, 9.17) is 17.5 Å². The summed E-state index contributed by atoms with van der Waals surface area (Å²) < 4.78 is 32.8. The molecule has 0 aromatic rings. The highest BCUT2D eigenvalue weighted by Gasteiger charge is 2.34. The molecule has 1 aliphatic rings. The molecule has 2 amide bonds. The molecule has 2 atom stereocenters. The number of nitrogens with one attached hydrogen (secondary N) is 1. The van der Waals surface area contributed by atoms with Gasteiger partial charge in [0.25, 0.3) is 0 Å². The fourth-order valence-electron chi connectivity index (χ4n) is 2.18. The van der Waals surface area contributed by atoms with Gasteiger partial charge in [0.1, 0.15) is 5.70 Å². The van der Waals surface area contributed by atoms with Crippen molar-refractivity contribution in [3.8, 4) is 0 Å². The molecule has 0 fully saturated rings. The predicted octanol–water partition coefficient (Wildman–Crippen LogP) is 0.424. The Kier molecular flexibility index (Phi) is 7.95. The van der Waals surface area contributed by atoms with Gasteiger partial charge in [-0.05, 0) is 25.8 Å². The van der Waals surface area contributed by atoms with Crippen molar-refractivity contribution < 1.29 is 27.2 Å². The van der Waals surface area contributed by atoms with Crippen molar-refractivity contribution >= 4 is 16.4 Å². The van der Waals surface area contributed by atoms with Crippen LogP contribution in [-0.2, 0) is 10.4 Å². The van der Waals surface area contributed by atoms with Crippen molar-refractivity contribution in [3.05, 3.63) is 11.8 Å². The quantitative estimate of drug-likeness (QED) is 0.579. The highest BCUT2D eigenvalue weighted by molar-refractivity contribution is 7.79. The minimum atomic E-state index is -4.92. The summed E-state index contributed by atoms with van der Waals surface area (Å²) in [4.78, 5) is 15.2. The Morgan fingerprint density at radius 1 is 1.40 bits per heavy atom. The number of allylic oxidation sites excluding steroid dienone is 1. The Labute approximate surface area is 120 Å². The molecule has 1 aliphatic heterocycles. The molecule has 0 aliphatic carbocycles. The van der Waals surface area contributed by atoms with E-state index in [0.717, 1.165) is 30.8 Å². The molecule has 2 N–H and O–H groups in total. The molecular formula is C12H24N2O5S. The first-order valence-electron chi connectivity index (χ1n) is 6.65. The molecule has 8 heteroatoms. The van der Waals surface area contributed by atoms with Gasteiger partial charge in [0.05, 0.1) is 12.6 Å². The van der Waals surface area contributed by atoms with Gasteiger partial charge in [-0.25, -0.2) is 18.1 Å². The van der Waals surface area contributed by atoms with E-state index in [9.17, 15) is 4.79 Å². The third kappa shape index (κ3) is 6.99. The number of carbonyl (C=O) groups is 1. The maximum absolute atomic E-state index is 12.2. The first-order chi connectivity index (χ1) is 9.11. The molecule has 2 unspecified atom stereocenters. The Morgan fingerprint density at radius 3 is 2.30 bits per heavy atom. The second-order valence-corrected chi connectivity index (χ2v) is 5.60. The Morgan fingerprint density at radius 2 is 1.90 bits per heavy atom. The molecule has 118 valence electrons. The maximum atomic E-state index is 12.2. The third-order valence-corrected chi connectivity index (χ3v) is 2.94. The van der Waals surface area contributed by atoms with Gasteiger partial charge in [-0.1, -0.05) is 13.8 Å². The lowest BCUT2D eigenvalue weighted by Crippen LogP contribution is -3.15. The fourth-order valence-corrected chi connectivity index (χ4v) is 2.18. The smallest absolute Gasteiger partial charge is 0.422 e. The van der Waals surface area contributed by atoms with Crippen LogP contribution in [0.2, 0.25) is 0 Å². The van der Waals surface area contributed by atoms with E-state index in [-0.39, 0.29) is 12.1 Å². The minimum absolute atomic E-state index is 0.256. The van der Waals surface area contributed by atoms with E-state index in [1.165, 1.54) is 5.70 Å². The molecular weight excluding hydrogens is 284 g/mol. The standard InChI is InChI=1S/C12H22N2O.H2O4S/c1-5-7-13-10(3)9-11(4)14(8-6-2)12(13)15;1-5(2,3)4/h9-10H,5-8H2,1-4H3;(H2,1,2,3,4). The third-order valence-electron chi connectivity index (χ3n) is 2.94. The normalized spacial score (nSPS) is 23.0. The lowest BCUT2D eigenvalue weighted by molar-refractivity contribution is -0.780. The number of quaternary nitrogens is 1. The van der Waals surface area contributed by atoms with Crippen LogP contribution in [0.4, 0.5) is 4.79 Å². The van der Waals surface area contributed by atoms with Gasteiger partial charge in [0.2, 0.25) is 10.4 Å². The Bertz CT molecular complexity index is 439. The zero-order chi connectivity index (χ0) is 15.9. The van der Waals surface area contributed by atoms with Crippen molar-refractivity contribution in [2.24, 2.45) is 0 Å². The molecule has 20 heavy (non-hydrogen) atoms. The highest BCUT2D eigenvalue weighted by atomic mass is 32.3. The van der Waals surface area contributed by atoms with Crippen LogP contribution in [0.1, 0.15) is 40.5 Å². The number of nitrogens with zero attached hydrogens (tertiary/aromatic N) is 1. The van der Waals surface area contributed by atoms with Gasteiger partial charge in [0.15, 0.2) is 0 Å². The second kappa shape index (κ2) is 8.35. The van der Waals surface area contributed by atoms with Crippen molar-refractivity contribution in [2.45, 2.75) is 46.6 Å². The zero-order valence-corrected chi connectivity index (χ0v) is 13.2. The molecule has 0 aromatic heterocycles. The number of amides is 2. The van der Waals surface area contributed by atoms with E-state index >= 15 is 0 Å². The van der Waals surface area contributed by atoms with Crippen LogP contribution in [0.25, 0.3) is 0 Å². The van der Waals surface area contributed by atoms with Crippen molar-refractivity contribution in [1.82, 2.24) is 4.90 Å². The van der Waals surface area contributed by atoms with Crippen LogP contribution in [0, 0.1) is 0 Å². The first kappa shape index (κ1) is 19.0. The molecule has 7 nitrogen and oxygen atoms in total. The molecule has 0 aromatic carbocycles. The average Bonchev–Trinajstić information content (AvgIpc) is 2.28. The summed E-state index contributed by atoms with van der Waals surface area (Å²) in [5, 5.41) is 0. The average molecular weight is 308 g/mol. The lowest BCUT2D eigenvalue weighted by Gasteiger charge is -2.33. The summed E-state index contributed by atoms with van der Waals surface area (Å²) in [5.74, 6) is 0. The van der Waals surface area contributed by atoms with Crippen LogP contribution >= 0.6 is 0 Å². The molecule has 0 saturated heterocycles.